The number of hydrogen-bond donors (Lipinski definition) is 1. The number of pyridine rings is 2. The molecule has 0 bridgehead atoms. The van der Waals surface area contributed by atoms with Crippen molar-refractivity contribution in [2.45, 2.75) is 31.5 Å². The van der Waals surface area contributed by atoms with Crippen LogP contribution in [0.3, 0.4) is 0 Å². The molecule has 0 aromatic carbocycles. The van der Waals surface area contributed by atoms with Crippen molar-refractivity contribution in [3.63, 3.8) is 0 Å². The molecule has 3 heterocycles. The monoisotopic (exact) mass is 428 g/mol. The van der Waals surface area contributed by atoms with Gasteiger partial charge in [0, 0.05) is 30.8 Å². The van der Waals surface area contributed by atoms with E-state index in [0.29, 0.717) is 23.0 Å². The Morgan fingerprint density at radius 2 is 2.07 bits per heavy atom. The fraction of sp³-hybridized carbons (Fsp3) is 0.333. The van der Waals surface area contributed by atoms with Gasteiger partial charge in [0.05, 0.1) is 16.1 Å². The molecule has 0 saturated heterocycles. The van der Waals surface area contributed by atoms with Crippen molar-refractivity contribution >= 4 is 34.3 Å². The fourth-order valence-corrected chi connectivity index (χ4v) is 4.09. The maximum absolute atomic E-state index is 12.7. The minimum Gasteiger partial charge on any atom is -0.379 e. The summed E-state index contributed by atoms with van der Waals surface area (Å²) in [5.41, 5.74) is 5.50. The van der Waals surface area contributed by atoms with Crippen molar-refractivity contribution in [3.8, 4) is 0 Å². The number of hydrogen-bond acceptors (Lipinski definition) is 6. The van der Waals surface area contributed by atoms with E-state index in [1.54, 1.807) is 12.3 Å². The van der Waals surface area contributed by atoms with Gasteiger partial charge in [0.2, 0.25) is 0 Å². The standard InChI is InChI=1S/C18H16ClF3N4OS/c1-17(2-3-28-16(23)26-17)11-4-10(7-24-8-11)5-14(27)15-13(19)6-12(9-25-15)18(20,21)22/h4,6-9H,2-3,5H2,1H3,(H2,23,26)/t17-/m0/s1. The van der Waals surface area contributed by atoms with Crippen molar-refractivity contribution < 1.29 is 18.0 Å². The number of nitrogens with zero attached hydrogens (tertiary/aromatic N) is 3. The summed E-state index contributed by atoms with van der Waals surface area (Å²) in [7, 11) is 0. The quantitative estimate of drug-likeness (QED) is 0.736. The topological polar surface area (TPSA) is 81.2 Å². The molecule has 1 aliphatic rings. The zero-order chi connectivity index (χ0) is 20.5. The van der Waals surface area contributed by atoms with E-state index in [4.69, 9.17) is 17.3 Å². The van der Waals surface area contributed by atoms with Crippen molar-refractivity contribution in [1.29, 1.82) is 0 Å². The van der Waals surface area contributed by atoms with Crippen LogP contribution in [0, 0.1) is 0 Å². The number of rotatable bonds is 4. The first-order chi connectivity index (χ1) is 13.1. The van der Waals surface area contributed by atoms with Crippen LogP contribution in [0.15, 0.2) is 35.7 Å². The van der Waals surface area contributed by atoms with Crippen molar-refractivity contribution in [3.05, 3.63) is 58.1 Å². The van der Waals surface area contributed by atoms with Gasteiger partial charge < -0.3 is 5.73 Å². The number of Topliss-reactive ketones (excluding diaryl/α,β-unsaturated/α-hetero) is 1. The lowest BCUT2D eigenvalue weighted by Gasteiger charge is -2.29. The Kier molecular flexibility index (Phi) is 5.67. The predicted molar refractivity (Wildman–Crippen MR) is 103 cm³/mol. The van der Waals surface area contributed by atoms with Crippen LogP contribution in [0.4, 0.5) is 13.2 Å². The summed E-state index contributed by atoms with van der Waals surface area (Å²) >= 11 is 7.34. The number of alkyl halides is 3. The Bertz CT molecular complexity index is 951. The molecule has 0 aliphatic carbocycles. The first kappa shape index (κ1) is 20.6. The third-order valence-electron chi connectivity index (χ3n) is 4.41. The molecule has 5 nitrogen and oxygen atoms in total. The summed E-state index contributed by atoms with van der Waals surface area (Å²) in [5, 5.41) is 0.161. The van der Waals surface area contributed by atoms with E-state index in [2.05, 4.69) is 15.0 Å². The molecule has 2 aromatic rings. The minimum absolute atomic E-state index is 0.0943. The maximum Gasteiger partial charge on any atom is 0.417 e. The van der Waals surface area contributed by atoms with Crippen molar-refractivity contribution in [2.24, 2.45) is 10.7 Å². The molecule has 0 saturated carbocycles. The molecule has 3 rings (SSSR count). The number of ketones is 1. The number of nitrogens with two attached hydrogens (primary N) is 1. The molecule has 1 atom stereocenters. The van der Waals surface area contributed by atoms with Crippen LogP contribution in [0.2, 0.25) is 5.02 Å². The molecule has 2 N–H and O–H groups in total. The number of aromatic nitrogens is 2. The zero-order valence-electron chi connectivity index (χ0n) is 14.8. The lowest BCUT2D eigenvalue weighted by atomic mass is 9.90. The van der Waals surface area contributed by atoms with Gasteiger partial charge in [-0.15, -0.1) is 0 Å². The van der Waals surface area contributed by atoms with Crippen LogP contribution in [-0.4, -0.2) is 26.7 Å². The first-order valence-corrected chi connectivity index (χ1v) is 9.63. The fourth-order valence-electron chi connectivity index (χ4n) is 2.84. The van der Waals surface area contributed by atoms with Crippen molar-refractivity contribution in [1.82, 2.24) is 9.97 Å². The Morgan fingerprint density at radius 1 is 1.32 bits per heavy atom. The summed E-state index contributed by atoms with van der Waals surface area (Å²) in [6, 6.07) is 2.50. The Hall–Kier alpha value is -2.13. The van der Waals surface area contributed by atoms with Crippen LogP contribution >= 0.6 is 23.4 Å². The molecule has 0 fully saturated rings. The van der Waals surface area contributed by atoms with Crippen LogP contribution < -0.4 is 5.73 Å². The predicted octanol–water partition coefficient (Wildman–Crippen LogP) is 4.24. The van der Waals surface area contributed by atoms with Crippen molar-refractivity contribution in [2.75, 3.05) is 5.75 Å². The molecular weight excluding hydrogens is 413 g/mol. The lowest BCUT2D eigenvalue weighted by Crippen LogP contribution is -2.29. The third kappa shape index (κ3) is 4.47. The Balaban J connectivity index is 1.83. The number of aliphatic imine (C=N–C) groups is 1. The largest absolute Gasteiger partial charge is 0.417 e. The number of carbonyl (C=O) groups excluding carboxylic acids is 1. The molecule has 2 aromatic heterocycles. The molecule has 0 unspecified atom stereocenters. The molecule has 0 amide bonds. The highest BCUT2D eigenvalue weighted by Crippen LogP contribution is 2.35. The SMILES string of the molecule is C[C@@]1(c2cncc(CC(=O)c3ncc(C(F)(F)F)cc3Cl)c2)CCSC(N)=N1. The van der Waals surface area contributed by atoms with E-state index in [-0.39, 0.29) is 17.1 Å². The molecule has 28 heavy (non-hydrogen) atoms. The normalized spacial score (nSPS) is 20.0. The molecule has 0 radical (unpaired) electrons. The summed E-state index contributed by atoms with van der Waals surface area (Å²) < 4.78 is 38.2. The highest BCUT2D eigenvalue weighted by atomic mass is 35.5. The molecular formula is C18H16ClF3N4OS. The summed E-state index contributed by atoms with van der Waals surface area (Å²) in [6.07, 6.45) is -0.108. The highest BCUT2D eigenvalue weighted by Gasteiger charge is 2.32. The Morgan fingerprint density at radius 3 is 2.71 bits per heavy atom. The van der Waals surface area contributed by atoms with Gasteiger partial charge in [-0.05, 0) is 36.6 Å². The zero-order valence-corrected chi connectivity index (χ0v) is 16.3. The van der Waals surface area contributed by atoms with Crippen LogP contribution in [-0.2, 0) is 18.1 Å². The van der Waals surface area contributed by atoms with Gasteiger partial charge >= 0.3 is 6.18 Å². The molecule has 0 spiro atoms. The smallest absolute Gasteiger partial charge is 0.379 e. The van der Waals surface area contributed by atoms with Gasteiger partial charge in [-0.2, -0.15) is 13.2 Å². The lowest BCUT2D eigenvalue weighted by molar-refractivity contribution is -0.137. The second-order valence-electron chi connectivity index (χ2n) is 6.56. The maximum atomic E-state index is 12.7. The average molecular weight is 429 g/mol. The number of amidine groups is 1. The molecule has 10 heteroatoms. The number of carbonyl (C=O) groups is 1. The van der Waals surface area contributed by atoms with E-state index in [1.807, 2.05) is 6.92 Å². The summed E-state index contributed by atoms with van der Waals surface area (Å²) in [5.74, 6) is 0.324. The number of thioether (sulfide) groups is 1. The van der Waals surface area contributed by atoms with E-state index >= 15 is 0 Å². The van der Waals surface area contributed by atoms with E-state index in [1.165, 1.54) is 18.0 Å². The second-order valence-corrected chi connectivity index (χ2v) is 8.08. The summed E-state index contributed by atoms with van der Waals surface area (Å²) in [6.45, 7) is 1.94. The highest BCUT2D eigenvalue weighted by molar-refractivity contribution is 8.13. The average Bonchev–Trinajstić information content (AvgIpc) is 2.61. The molecule has 148 valence electrons. The Labute approximate surface area is 168 Å². The first-order valence-electron chi connectivity index (χ1n) is 8.27. The van der Waals surface area contributed by atoms with Gasteiger partial charge in [0.25, 0.3) is 0 Å². The van der Waals surface area contributed by atoms with Gasteiger partial charge in [-0.25, -0.2) is 0 Å². The number of halogens is 4. The second kappa shape index (κ2) is 7.71. The summed E-state index contributed by atoms with van der Waals surface area (Å²) in [4.78, 5) is 24.8. The van der Waals surface area contributed by atoms with Gasteiger partial charge in [0.15, 0.2) is 11.0 Å². The van der Waals surface area contributed by atoms with E-state index in [9.17, 15) is 18.0 Å². The third-order valence-corrected chi connectivity index (χ3v) is 5.49. The van der Waals surface area contributed by atoms with E-state index in [0.717, 1.165) is 17.7 Å². The van der Waals surface area contributed by atoms with Gasteiger partial charge in [-0.1, -0.05) is 23.4 Å². The minimum atomic E-state index is -4.58. The van der Waals surface area contributed by atoms with Gasteiger partial charge in [0.1, 0.15) is 5.69 Å². The van der Waals surface area contributed by atoms with Crippen LogP contribution in [0.5, 0.6) is 0 Å². The molecule has 1 aliphatic heterocycles. The van der Waals surface area contributed by atoms with Crippen LogP contribution in [0.1, 0.15) is 40.5 Å². The van der Waals surface area contributed by atoms with Crippen LogP contribution in [0.25, 0.3) is 0 Å². The van der Waals surface area contributed by atoms with Gasteiger partial charge in [-0.3, -0.25) is 19.8 Å². The van der Waals surface area contributed by atoms with E-state index < -0.39 is 23.1 Å².